The molecule has 4 heteroatoms. The Morgan fingerprint density at radius 2 is 1.20 bits per heavy atom. The van der Waals surface area contributed by atoms with Gasteiger partial charge in [0.25, 0.3) is 0 Å². The summed E-state index contributed by atoms with van der Waals surface area (Å²) < 4.78 is 0. The molecule has 1 unspecified atom stereocenters. The van der Waals surface area contributed by atoms with Gasteiger partial charge in [0.15, 0.2) is 0 Å². The van der Waals surface area contributed by atoms with Gasteiger partial charge < -0.3 is 22.2 Å². The molecule has 0 spiro atoms. The van der Waals surface area contributed by atoms with Crippen LogP contribution in [0.5, 0.6) is 0 Å². The van der Waals surface area contributed by atoms with Crippen LogP contribution in [0.1, 0.15) is 76.6 Å². The normalized spacial score (nSPS) is 24.1. The molecule has 6 rings (SSSR count). The summed E-state index contributed by atoms with van der Waals surface area (Å²) in [4.78, 5) is 0. The standard InChI is InChI=1S/C45H42N4.3C2H6/c1-32-26-28-37(29-27-32)44-39(46)23-11-20-34(33-14-5-2-6-15-33)21-12-24-41(48)45(36-18-9-4-10-19-36)43-31-30-42(49-43)38(22-13-25-40(44)47)35-16-7-3-8-17-35;3*1-2/h2-7,9-16,18-31,42,46,49H,8,17,47-48H2,1H3;3*1-2H3/b21-12+,23-11-,25-13-,34-20-,38-22+,41-24-,44-40-,45-43-,46-39?;;;. The van der Waals surface area contributed by atoms with Gasteiger partial charge in [0, 0.05) is 28.2 Å². The number of hydrogen-bond acceptors (Lipinski definition) is 4. The molecule has 3 aliphatic rings. The molecule has 0 saturated carbocycles. The molecule has 0 radical (unpaired) electrons. The Labute approximate surface area is 331 Å². The third kappa shape index (κ3) is 12.2. The lowest BCUT2D eigenvalue weighted by Crippen LogP contribution is -2.25. The first-order chi connectivity index (χ1) is 27.0. The van der Waals surface area contributed by atoms with Crippen molar-refractivity contribution in [3.05, 3.63) is 220 Å². The zero-order valence-electron chi connectivity index (χ0n) is 33.8. The van der Waals surface area contributed by atoms with Crippen LogP contribution in [0.3, 0.4) is 0 Å². The van der Waals surface area contributed by atoms with Gasteiger partial charge in [0.1, 0.15) is 0 Å². The second kappa shape index (κ2) is 23.5. The van der Waals surface area contributed by atoms with Crippen LogP contribution in [0.15, 0.2) is 198 Å². The number of allylic oxidation sites excluding steroid dienone is 16. The van der Waals surface area contributed by atoms with Gasteiger partial charge in [0.05, 0.1) is 11.8 Å². The molecule has 2 heterocycles. The van der Waals surface area contributed by atoms with Crippen molar-refractivity contribution in [2.24, 2.45) is 11.5 Å². The summed E-state index contributed by atoms with van der Waals surface area (Å²) >= 11 is 0. The molecule has 0 amide bonds. The summed E-state index contributed by atoms with van der Waals surface area (Å²) in [5, 5.41) is 12.9. The van der Waals surface area contributed by atoms with Crippen LogP contribution in [0.2, 0.25) is 0 Å². The lowest BCUT2D eigenvalue weighted by atomic mass is 9.92. The van der Waals surface area contributed by atoms with E-state index >= 15 is 0 Å². The second-order valence-corrected chi connectivity index (χ2v) is 12.2. The largest absolute Gasteiger partial charge is 0.398 e. The minimum Gasteiger partial charge on any atom is -0.398 e. The zero-order valence-corrected chi connectivity index (χ0v) is 33.8. The monoisotopic (exact) mass is 728 g/mol. The summed E-state index contributed by atoms with van der Waals surface area (Å²) in [6.45, 7) is 14.1. The van der Waals surface area contributed by atoms with Crippen molar-refractivity contribution < 1.29 is 0 Å². The average molecular weight is 729 g/mol. The topological polar surface area (TPSA) is 87.9 Å². The Morgan fingerprint density at radius 3 is 1.84 bits per heavy atom. The van der Waals surface area contributed by atoms with Crippen molar-refractivity contribution in [1.82, 2.24) is 5.32 Å². The van der Waals surface area contributed by atoms with Crippen molar-refractivity contribution in [3.8, 4) is 0 Å². The quantitative estimate of drug-likeness (QED) is 0.216. The van der Waals surface area contributed by atoms with Crippen molar-refractivity contribution in [3.63, 3.8) is 0 Å². The van der Waals surface area contributed by atoms with Gasteiger partial charge >= 0.3 is 0 Å². The molecule has 2 bridgehead atoms. The van der Waals surface area contributed by atoms with Crippen LogP contribution < -0.4 is 16.8 Å². The highest BCUT2D eigenvalue weighted by molar-refractivity contribution is 6.28. The number of benzene rings is 3. The Balaban J connectivity index is 0.00000129. The van der Waals surface area contributed by atoms with Crippen molar-refractivity contribution in [2.75, 3.05) is 0 Å². The number of nitrogens with one attached hydrogen (secondary N) is 2. The first-order valence-electron chi connectivity index (χ1n) is 19.7. The number of nitrogens with two attached hydrogens (primary N) is 2. The van der Waals surface area contributed by atoms with Gasteiger partial charge in [-0.15, -0.1) is 0 Å². The SMILES string of the molecule is CC.CC.CC.Cc1ccc(\C2=C(N)/C=C\C=C(/C3=CC=CCC3)C3C=C/C(=C(c4ccccc4)/C(N)=C/C=C/C(c4ccccc4)=C/C=C\C2=N)N3)cc1. The highest BCUT2D eigenvalue weighted by Gasteiger charge is 2.23. The number of rotatable bonds is 4. The molecule has 2 aliphatic heterocycles. The molecule has 1 atom stereocenters. The van der Waals surface area contributed by atoms with E-state index in [1.807, 2.05) is 127 Å². The Bertz CT molecular complexity index is 2040. The predicted molar refractivity (Wildman–Crippen MR) is 242 cm³/mol. The van der Waals surface area contributed by atoms with Crippen LogP contribution in [-0.2, 0) is 0 Å². The van der Waals surface area contributed by atoms with E-state index in [1.165, 1.54) is 5.57 Å². The number of fused-ring (bicyclic) bond motifs is 2. The fourth-order valence-electron chi connectivity index (χ4n) is 6.21. The number of aryl methyl sites for hydroxylation is 1. The molecule has 3 aromatic rings. The molecule has 3 aromatic carbocycles. The van der Waals surface area contributed by atoms with Gasteiger partial charge in [-0.2, -0.15) is 0 Å². The van der Waals surface area contributed by atoms with Gasteiger partial charge in [-0.1, -0.05) is 193 Å². The molecule has 0 aromatic heterocycles. The van der Waals surface area contributed by atoms with Gasteiger partial charge in [-0.3, -0.25) is 0 Å². The summed E-state index contributed by atoms with van der Waals surface area (Å²) in [5.74, 6) is 0. The molecule has 4 nitrogen and oxygen atoms in total. The Kier molecular flexibility index (Phi) is 18.5. The second-order valence-electron chi connectivity index (χ2n) is 12.2. The zero-order chi connectivity index (χ0) is 40.0. The molecule has 6 N–H and O–H groups in total. The fourth-order valence-corrected chi connectivity index (χ4v) is 6.21. The third-order valence-electron chi connectivity index (χ3n) is 8.75. The first-order valence-corrected chi connectivity index (χ1v) is 19.7. The van der Waals surface area contributed by atoms with Gasteiger partial charge in [-0.05, 0) is 77.5 Å². The lowest BCUT2D eigenvalue weighted by Gasteiger charge is -2.21. The maximum absolute atomic E-state index is 9.15. The van der Waals surface area contributed by atoms with Crippen LogP contribution in [-0.4, -0.2) is 11.8 Å². The maximum Gasteiger partial charge on any atom is 0.0704 e. The summed E-state index contributed by atoms with van der Waals surface area (Å²) in [7, 11) is 0. The van der Waals surface area contributed by atoms with E-state index < -0.39 is 0 Å². The summed E-state index contributed by atoms with van der Waals surface area (Å²) in [6, 6.07) is 28.6. The van der Waals surface area contributed by atoms with Crippen LogP contribution in [0, 0.1) is 12.3 Å². The molecule has 1 aliphatic carbocycles. The molecule has 0 fully saturated rings. The van der Waals surface area contributed by atoms with E-state index in [-0.39, 0.29) is 6.04 Å². The lowest BCUT2D eigenvalue weighted by molar-refractivity contribution is 0.789. The smallest absolute Gasteiger partial charge is 0.0704 e. The van der Waals surface area contributed by atoms with Crippen LogP contribution in [0.25, 0.3) is 16.7 Å². The van der Waals surface area contributed by atoms with Crippen LogP contribution >= 0.6 is 0 Å². The van der Waals surface area contributed by atoms with Gasteiger partial charge in [0.2, 0.25) is 0 Å². The Hall–Kier alpha value is -6.13. The van der Waals surface area contributed by atoms with E-state index in [2.05, 4.69) is 91.2 Å². The maximum atomic E-state index is 9.15. The minimum atomic E-state index is -0.0582. The van der Waals surface area contributed by atoms with Gasteiger partial charge in [-0.25, -0.2) is 0 Å². The number of hydrogen-bond donors (Lipinski definition) is 4. The van der Waals surface area contributed by atoms with Crippen molar-refractivity contribution >= 4 is 22.4 Å². The molecular weight excluding hydrogens is 669 g/mol. The Morgan fingerprint density at radius 1 is 0.600 bits per heavy atom. The summed E-state index contributed by atoms with van der Waals surface area (Å²) in [6.07, 6.45) is 30.6. The summed E-state index contributed by atoms with van der Waals surface area (Å²) in [5.41, 5.74) is 25.4. The molecule has 0 saturated heterocycles. The third-order valence-corrected chi connectivity index (χ3v) is 8.75. The van der Waals surface area contributed by atoms with E-state index in [1.54, 1.807) is 6.08 Å². The molecule has 284 valence electrons. The van der Waals surface area contributed by atoms with E-state index in [4.69, 9.17) is 16.9 Å². The molecule has 55 heavy (non-hydrogen) atoms. The van der Waals surface area contributed by atoms with E-state index in [0.717, 1.165) is 57.5 Å². The van der Waals surface area contributed by atoms with Crippen molar-refractivity contribution in [2.45, 2.75) is 67.3 Å². The first kappa shape index (κ1) is 43.3. The highest BCUT2D eigenvalue weighted by atomic mass is 14.9. The van der Waals surface area contributed by atoms with E-state index in [0.29, 0.717) is 22.7 Å². The molecular formula is C51H60N4. The highest BCUT2D eigenvalue weighted by Crippen LogP contribution is 2.32. The van der Waals surface area contributed by atoms with Crippen LogP contribution in [0.4, 0.5) is 0 Å². The van der Waals surface area contributed by atoms with Crippen molar-refractivity contribution in [1.29, 1.82) is 5.41 Å². The minimum absolute atomic E-state index is 0.0582. The predicted octanol–water partition coefficient (Wildman–Crippen LogP) is 12.5. The average Bonchev–Trinajstić information content (AvgIpc) is 3.72. The van der Waals surface area contributed by atoms with E-state index in [9.17, 15) is 0 Å². The fraction of sp³-hybridized carbons (Fsp3) is 0.196.